The van der Waals surface area contributed by atoms with Gasteiger partial charge < -0.3 is 0 Å². The highest BCUT2D eigenvalue weighted by atomic mass is 16.6. The number of rotatable bonds is 6. The van der Waals surface area contributed by atoms with Crippen molar-refractivity contribution in [1.82, 2.24) is 4.98 Å². The van der Waals surface area contributed by atoms with Crippen molar-refractivity contribution in [2.75, 3.05) is 0 Å². The van der Waals surface area contributed by atoms with Crippen LogP contribution in [0.1, 0.15) is 59.3 Å². The van der Waals surface area contributed by atoms with Crippen LogP contribution in [0, 0.1) is 30.3 Å². The van der Waals surface area contributed by atoms with Gasteiger partial charge in [-0.25, -0.2) is 4.98 Å². The van der Waals surface area contributed by atoms with Crippen LogP contribution in [0.25, 0.3) is 34.4 Å². The third kappa shape index (κ3) is 5.54. The molecule has 0 amide bonds. The average molecular weight is 575 g/mol. The van der Waals surface area contributed by atoms with E-state index in [0.717, 1.165) is 94.4 Å². The molecule has 3 aromatic carbocycles. The maximum Gasteiger partial charge on any atom is 0.269 e. The van der Waals surface area contributed by atoms with Crippen LogP contribution >= 0.6 is 0 Å². The quantitative estimate of drug-likeness (QED) is 0.167. The van der Waals surface area contributed by atoms with E-state index in [0.29, 0.717) is 0 Å². The first-order valence-electron chi connectivity index (χ1n) is 14.0. The summed E-state index contributed by atoms with van der Waals surface area (Å²) >= 11 is 0. The molecule has 0 atom stereocenters. The number of nitro groups is 3. The normalized spacial score (nSPS) is 16.0. The van der Waals surface area contributed by atoms with Crippen LogP contribution in [0.15, 0.2) is 72.8 Å². The number of nitro benzene ring substituents is 3. The molecule has 0 N–H and O–H groups in total. The van der Waals surface area contributed by atoms with Crippen LogP contribution in [0.3, 0.4) is 0 Å². The average Bonchev–Trinajstić information content (AvgIpc) is 3.01. The zero-order valence-electron chi connectivity index (χ0n) is 23.1. The van der Waals surface area contributed by atoms with Gasteiger partial charge in [0.05, 0.1) is 26.2 Å². The molecule has 1 aromatic heterocycles. The Bertz CT molecular complexity index is 1720. The number of aromatic nitrogens is 1. The predicted octanol–water partition coefficient (Wildman–Crippen LogP) is 8.23. The van der Waals surface area contributed by atoms with Gasteiger partial charge in [-0.05, 0) is 132 Å². The van der Waals surface area contributed by atoms with Crippen LogP contribution < -0.4 is 0 Å². The van der Waals surface area contributed by atoms with E-state index in [2.05, 4.69) is 0 Å². The first kappa shape index (κ1) is 27.6. The fourth-order valence-corrected chi connectivity index (χ4v) is 6.00. The molecule has 6 rings (SSSR count). The van der Waals surface area contributed by atoms with Crippen LogP contribution in [0.4, 0.5) is 17.1 Å². The zero-order chi connectivity index (χ0) is 30.1. The molecule has 0 unspecified atom stereocenters. The van der Waals surface area contributed by atoms with E-state index in [4.69, 9.17) is 4.98 Å². The minimum Gasteiger partial charge on any atom is -0.258 e. The van der Waals surface area contributed by atoms with Crippen molar-refractivity contribution in [3.63, 3.8) is 0 Å². The lowest BCUT2D eigenvalue weighted by atomic mass is 9.78. The number of fused-ring (bicyclic) bond motifs is 2. The Labute approximate surface area is 246 Å². The summed E-state index contributed by atoms with van der Waals surface area (Å²) in [4.78, 5) is 37.7. The van der Waals surface area contributed by atoms with E-state index in [1.807, 2.05) is 12.2 Å². The number of benzene rings is 3. The van der Waals surface area contributed by atoms with Crippen molar-refractivity contribution in [2.24, 2.45) is 0 Å². The lowest BCUT2D eigenvalue weighted by Gasteiger charge is -2.29. The summed E-state index contributed by atoms with van der Waals surface area (Å²) in [5.41, 5.74) is 9.71. The van der Waals surface area contributed by atoms with Gasteiger partial charge in [-0.2, -0.15) is 0 Å². The monoisotopic (exact) mass is 574 g/mol. The van der Waals surface area contributed by atoms with Gasteiger partial charge in [-0.1, -0.05) is 0 Å². The molecule has 0 saturated carbocycles. The van der Waals surface area contributed by atoms with Gasteiger partial charge in [0.15, 0.2) is 0 Å². The number of hydrogen-bond donors (Lipinski definition) is 0. The summed E-state index contributed by atoms with van der Waals surface area (Å²) in [6.45, 7) is 0. The van der Waals surface area contributed by atoms with Crippen molar-refractivity contribution in [2.45, 2.75) is 38.5 Å². The topological polar surface area (TPSA) is 142 Å². The molecule has 0 fully saturated rings. The van der Waals surface area contributed by atoms with Crippen LogP contribution in [0.2, 0.25) is 0 Å². The lowest BCUT2D eigenvalue weighted by Crippen LogP contribution is -2.15. The van der Waals surface area contributed by atoms with Crippen LogP contribution in [-0.2, 0) is 12.8 Å². The Morgan fingerprint density at radius 1 is 0.535 bits per heavy atom. The molecule has 0 radical (unpaired) electrons. The van der Waals surface area contributed by atoms with E-state index < -0.39 is 14.8 Å². The van der Waals surface area contributed by atoms with E-state index >= 15 is 0 Å². The Hall–Kier alpha value is -5.51. The lowest BCUT2D eigenvalue weighted by molar-refractivity contribution is -0.385. The van der Waals surface area contributed by atoms with Gasteiger partial charge in [-0.15, -0.1) is 0 Å². The van der Waals surface area contributed by atoms with Gasteiger partial charge in [0.25, 0.3) is 17.1 Å². The summed E-state index contributed by atoms with van der Waals surface area (Å²) in [6, 6.07) is 19.5. The second-order valence-corrected chi connectivity index (χ2v) is 10.7. The smallest absolute Gasteiger partial charge is 0.258 e. The standard InChI is InChI=1S/C33H26N4O6/c38-35(39)26-13-7-21(8-14-26)19-24-3-1-5-29-31(23-11-17-28(18-12-23)37(42)43)30-6-2-4-25(33(30)34-32(24)29)20-22-9-15-27(16-10-22)36(40)41/h7-20H,1-6H2/b24-19+,25-20+. The van der Waals surface area contributed by atoms with Gasteiger partial charge in [-0.3, -0.25) is 30.3 Å². The fraction of sp³-hybridized carbons (Fsp3) is 0.182. The van der Waals surface area contributed by atoms with E-state index in [9.17, 15) is 30.3 Å². The second-order valence-electron chi connectivity index (χ2n) is 10.7. The van der Waals surface area contributed by atoms with Gasteiger partial charge in [0, 0.05) is 36.4 Å². The number of allylic oxidation sites excluding steroid dienone is 2. The highest BCUT2D eigenvalue weighted by Gasteiger charge is 2.28. The SMILES string of the molecule is O=[N+]([O-])c1ccc(/C=C2\CCCc3c2nc2c(c3-c3ccc([N+](=O)[O-])cc3)CCC/C2=C\c2ccc([N+](=O)[O-])cc2)cc1. The molecule has 4 aromatic rings. The summed E-state index contributed by atoms with van der Waals surface area (Å²) in [5, 5.41) is 33.7. The van der Waals surface area contributed by atoms with Gasteiger partial charge >= 0.3 is 0 Å². The van der Waals surface area contributed by atoms with Crippen molar-refractivity contribution in [3.05, 3.63) is 137 Å². The maximum atomic E-state index is 11.4. The third-order valence-electron chi connectivity index (χ3n) is 8.01. The summed E-state index contributed by atoms with van der Waals surface area (Å²) < 4.78 is 0. The molecule has 0 saturated heterocycles. The van der Waals surface area contributed by atoms with Crippen molar-refractivity contribution in [1.29, 1.82) is 0 Å². The van der Waals surface area contributed by atoms with Crippen molar-refractivity contribution >= 4 is 40.4 Å². The molecule has 0 aliphatic heterocycles. The molecule has 214 valence electrons. The molecule has 0 bridgehead atoms. The maximum absolute atomic E-state index is 11.4. The Kier molecular flexibility index (Phi) is 7.33. The van der Waals surface area contributed by atoms with Crippen LogP contribution in [-0.4, -0.2) is 19.8 Å². The molecule has 10 heteroatoms. The van der Waals surface area contributed by atoms with E-state index in [1.54, 1.807) is 36.4 Å². The molecule has 2 aliphatic rings. The first-order chi connectivity index (χ1) is 20.8. The molecular weight excluding hydrogens is 548 g/mol. The summed E-state index contributed by atoms with van der Waals surface area (Å²) in [6.07, 6.45) is 9.05. The Morgan fingerprint density at radius 3 is 1.28 bits per heavy atom. The molecule has 1 heterocycles. The number of non-ortho nitro benzene ring substituents is 3. The third-order valence-corrected chi connectivity index (χ3v) is 8.01. The highest BCUT2D eigenvalue weighted by molar-refractivity contribution is 5.91. The van der Waals surface area contributed by atoms with Crippen molar-refractivity contribution < 1.29 is 14.8 Å². The number of hydrogen-bond acceptors (Lipinski definition) is 7. The Morgan fingerprint density at radius 2 is 0.907 bits per heavy atom. The van der Waals surface area contributed by atoms with Gasteiger partial charge in [0.2, 0.25) is 0 Å². The predicted molar refractivity (Wildman–Crippen MR) is 164 cm³/mol. The van der Waals surface area contributed by atoms with Crippen molar-refractivity contribution in [3.8, 4) is 11.1 Å². The molecule has 10 nitrogen and oxygen atoms in total. The molecule has 0 spiro atoms. The minimum atomic E-state index is -0.421. The fourth-order valence-electron chi connectivity index (χ4n) is 6.00. The number of pyridine rings is 1. The summed E-state index contributed by atoms with van der Waals surface area (Å²) in [7, 11) is 0. The molecule has 43 heavy (non-hydrogen) atoms. The summed E-state index contributed by atoms with van der Waals surface area (Å²) in [5.74, 6) is 0. The highest BCUT2D eigenvalue weighted by Crippen LogP contribution is 2.44. The minimum absolute atomic E-state index is 0.0260. The molecular formula is C33H26N4O6. The van der Waals surface area contributed by atoms with E-state index in [1.165, 1.54) is 36.4 Å². The first-order valence-corrected chi connectivity index (χ1v) is 14.0. The zero-order valence-corrected chi connectivity index (χ0v) is 23.1. The van der Waals surface area contributed by atoms with Crippen LogP contribution in [0.5, 0.6) is 0 Å². The Balaban J connectivity index is 1.53. The van der Waals surface area contributed by atoms with Gasteiger partial charge in [0.1, 0.15) is 0 Å². The molecule has 2 aliphatic carbocycles. The second kappa shape index (κ2) is 11.4. The van der Waals surface area contributed by atoms with E-state index in [-0.39, 0.29) is 17.1 Å². The largest absolute Gasteiger partial charge is 0.269 e. The number of nitrogens with zero attached hydrogens (tertiary/aromatic N) is 4.